The molecule has 2 saturated heterocycles. The molecule has 2 unspecified atom stereocenters. The number of nitrogens with zero attached hydrogens (tertiary/aromatic N) is 7. The molecule has 0 saturated carbocycles. The van der Waals surface area contributed by atoms with Crippen LogP contribution in [0, 0.1) is 0 Å². The molecule has 2 aliphatic rings. The number of piperidine rings is 1. The summed E-state index contributed by atoms with van der Waals surface area (Å²) in [5.74, 6) is 2.06. The first kappa shape index (κ1) is 21.3. The van der Waals surface area contributed by atoms with Gasteiger partial charge < -0.3 is 20.6 Å². The molecule has 3 N–H and O–H groups in total. The third kappa shape index (κ3) is 4.01. The van der Waals surface area contributed by atoms with Crippen molar-refractivity contribution in [1.29, 1.82) is 0 Å². The average molecular weight is 455 g/mol. The highest BCUT2D eigenvalue weighted by atomic mass is 19.1. The van der Waals surface area contributed by atoms with Gasteiger partial charge in [0.15, 0.2) is 5.82 Å². The average Bonchev–Trinajstić information content (AvgIpc) is 3.38. The van der Waals surface area contributed by atoms with Crippen LogP contribution in [-0.4, -0.2) is 74.3 Å². The maximum atomic E-state index is 13.9. The van der Waals surface area contributed by atoms with E-state index in [1.807, 2.05) is 24.6 Å². The van der Waals surface area contributed by atoms with Gasteiger partial charge in [-0.2, -0.15) is 10.1 Å². The molecule has 0 aliphatic carbocycles. The summed E-state index contributed by atoms with van der Waals surface area (Å²) in [5, 5.41) is 21.1. The number of halogens is 1. The fourth-order valence-electron chi connectivity index (χ4n) is 4.13. The van der Waals surface area contributed by atoms with Gasteiger partial charge >= 0.3 is 6.03 Å². The summed E-state index contributed by atoms with van der Waals surface area (Å²) in [6.45, 7) is 5.72. The van der Waals surface area contributed by atoms with Crippen molar-refractivity contribution in [3.8, 4) is 0 Å². The van der Waals surface area contributed by atoms with Crippen molar-refractivity contribution in [3.05, 3.63) is 24.5 Å². The first-order valence-electron chi connectivity index (χ1n) is 11.0. The Hall–Kier alpha value is -3.54. The van der Waals surface area contributed by atoms with Gasteiger partial charge in [0.1, 0.15) is 17.8 Å². The topological polar surface area (TPSA) is 124 Å². The molecule has 0 spiro atoms. The number of aromatic nitrogens is 5. The van der Waals surface area contributed by atoms with E-state index in [1.165, 1.54) is 0 Å². The van der Waals surface area contributed by atoms with E-state index in [-0.39, 0.29) is 18.6 Å². The standard InChI is InChI=1S/C21H26FN9O2/c1-12(2)31-15-9-18(25-10-13(15)19(28-31)30-8-6-24-21(30)33)26-17-3-5-23-20(27-17)29-7-4-16(32)14(22)11-29/h3,5,9-10,12,14,16,32H,4,6-8,11H2,1-2H3,(H,24,33)(H,23,25,26,27). The molecule has 5 rings (SSSR count). The number of aliphatic hydroxyl groups excluding tert-OH is 1. The highest BCUT2D eigenvalue weighted by molar-refractivity contribution is 6.02. The summed E-state index contributed by atoms with van der Waals surface area (Å²) in [5.41, 5.74) is 0.844. The van der Waals surface area contributed by atoms with E-state index in [0.29, 0.717) is 49.5 Å². The highest BCUT2D eigenvalue weighted by Gasteiger charge is 2.29. The van der Waals surface area contributed by atoms with Crippen molar-refractivity contribution in [2.24, 2.45) is 0 Å². The van der Waals surface area contributed by atoms with Gasteiger partial charge in [-0.25, -0.2) is 19.2 Å². The van der Waals surface area contributed by atoms with Crippen LogP contribution in [0.5, 0.6) is 0 Å². The molecule has 0 bridgehead atoms. The monoisotopic (exact) mass is 455 g/mol. The second-order valence-corrected chi connectivity index (χ2v) is 8.52. The number of anilines is 4. The van der Waals surface area contributed by atoms with Crippen molar-refractivity contribution in [1.82, 2.24) is 30.0 Å². The van der Waals surface area contributed by atoms with E-state index in [2.05, 4.69) is 30.7 Å². The Morgan fingerprint density at radius 1 is 1.27 bits per heavy atom. The van der Waals surface area contributed by atoms with Crippen LogP contribution in [0.1, 0.15) is 26.3 Å². The summed E-state index contributed by atoms with van der Waals surface area (Å²) in [6, 6.07) is 3.50. The SMILES string of the molecule is CC(C)n1nc(N2CCNC2=O)c2cnc(Nc3ccnc(N4CCC(O)C(F)C4)n3)cc21. The first-order chi connectivity index (χ1) is 15.9. The van der Waals surface area contributed by atoms with Crippen LogP contribution >= 0.6 is 0 Å². The smallest absolute Gasteiger partial charge is 0.323 e. The van der Waals surface area contributed by atoms with Gasteiger partial charge in [0.05, 0.1) is 23.6 Å². The molecule has 2 atom stereocenters. The number of rotatable bonds is 5. The van der Waals surface area contributed by atoms with Crippen LogP contribution in [0.3, 0.4) is 0 Å². The second kappa shape index (κ2) is 8.43. The zero-order valence-electron chi connectivity index (χ0n) is 18.4. The Bertz CT molecular complexity index is 1180. The van der Waals surface area contributed by atoms with E-state index < -0.39 is 12.3 Å². The third-order valence-electron chi connectivity index (χ3n) is 5.86. The van der Waals surface area contributed by atoms with Crippen LogP contribution in [-0.2, 0) is 0 Å². The zero-order valence-corrected chi connectivity index (χ0v) is 18.4. The molecule has 12 heteroatoms. The minimum Gasteiger partial charge on any atom is -0.390 e. The number of carbonyl (C=O) groups excluding carboxylic acids is 1. The zero-order chi connectivity index (χ0) is 23.1. The lowest BCUT2D eigenvalue weighted by Gasteiger charge is -2.32. The number of urea groups is 1. The van der Waals surface area contributed by atoms with Crippen LogP contribution < -0.4 is 20.4 Å². The predicted octanol–water partition coefficient (Wildman–Crippen LogP) is 1.98. The Kier molecular flexibility index (Phi) is 5.44. The van der Waals surface area contributed by atoms with Crippen LogP contribution in [0.25, 0.3) is 10.9 Å². The van der Waals surface area contributed by atoms with E-state index >= 15 is 0 Å². The molecule has 11 nitrogen and oxygen atoms in total. The lowest BCUT2D eigenvalue weighted by molar-refractivity contribution is 0.0612. The number of pyridine rings is 1. The van der Waals surface area contributed by atoms with Crippen molar-refractivity contribution >= 4 is 40.3 Å². The number of carbonyl (C=O) groups is 1. The lowest BCUT2D eigenvalue weighted by atomic mass is 10.1. The number of amides is 2. The summed E-state index contributed by atoms with van der Waals surface area (Å²) in [4.78, 5) is 28.8. The Morgan fingerprint density at radius 3 is 2.85 bits per heavy atom. The van der Waals surface area contributed by atoms with E-state index in [4.69, 9.17) is 0 Å². The summed E-state index contributed by atoms with van der Waals surface area (Å²) in [7, 11) is 0. The molecule has 2 aliphatic heterocycles. The number of fused-ring (bicyclic) bond motifs is 1. The number of hydrogen-bond acceptors (Lipinski definition) is 8. The molecule has 0 aromatic carbocycles. The van der Waals surface area contributed by atoms with Crippen LogP contribution in [0.2, 0.25) is 0 Å². The maximum absolute atomic E-state index is 13.9. The van der Waals surface area contributed by atoms with Gasteiger partial charge in [0, 0.05) is 44.1 Å². The molecule has 0 radical (unpaired) electrons. The van der Waals surface area contributed by atoms with Crippen molar-refractivity contribution < 1.29 is 14.3 Å². The van der Waals surface area contributed by atoms with Gasteiger partial charge in [0.25, 0.3) is 0 Å². The van der Waals surface area contributed by atoms with Crippen LogP contribution in [0.15, 0.2) is 24.5 Å². The van der Waals surface area contributed by atoms with Crippen molar-refractivity contribution in [2.75, 3.05) is 41.3 Å². The molecular weight excluding hydrogens is 429 g/mol. The van der Waals surface area contributed by atoms with E-state index in [1.54, 1.807) is 28.3 Å². The summed E-state index contributed by atoms with van der Waals surface area (Å²) in [6.07, 6.45) is 1.36. The fraction of sp³-hybridized carbons (Fsp3) is 0.476. The highest BCUT2D eigenvalue weighted by Crippen LogP contribution is 2.31. The van der Waals surface area contributed by atoms with Gasteiger partial charge in [0.2, 0.25) is 5.95 Å². The molecule has 33 heavy (non-hydrogen) atoms. The normalized spacial score (nSPS) is 21.2. The van der Waals surface area contributed by atoms with Gasteiger partial charge in [-0.3, -0.25) is 9.58 Å². The minimum atomic E-state index is -1.33. The molecule has 2 fully saturated rings. The Morgan fingerprint density at radius 2 is 2.12 bits per heavy atom. The molecule has 3 aromatic heterocycles. The second-order valence-electron chi connectivity index (χ2n) is 8.52. The van der Waals surface area contributed by atoms with Gasteiger partial charge in [-0.15, -0.1) is 0 Å². The van der Waals surface area contributed by atoms with E-state index in [0.717, 1.165) is 10.9 Å². The first-order valence-corrected chi connectivity index (χ1v) is 11.0. The van der Waals surface area contributed by atoms with Crippen molar-refractivity contribution in [2.45, 2.75) is 38.6 Å². The van der Waals surface area contributed by atoms with E-state index in [9.17, 15) is 14.3 Å². The number of alkyl halides is 1. The van der Waals surface area contributed by atoms with Gasteiger partial charge in [-0.1, -0.05) is 0 Å². The fourth-order valence-corrected chi connectivity index (χ4v) is 4.13. The minimum absolute atomic E-state index is 0.0508. The van der Waals surface area contributed by atoms with Crippen LogP contribution in [0.4, 0.5) is 32.6 Å². The predicted molar refractivity (Wildman–Crippen MR) is 122 cm³/mol. The Balaban J connectivity index is 1.43. The lowest BCUT2D eigenvalue weighted by Crippen LogP contribution is -2.45. The number of hydrogen-bond donors (Lipinski definition) is 3. The maximum Gasteiger partial charge on any atom is 0.323 e. The van der Waals surface area contributed by atoms with Crippen molar-refractivity contribution in [3.63, 3.8) is 0 Å². The summed E-state index contributed by atoms with van der Waals surface area (Å²) >= 11 is 0. The number of aliphatic hydroxyl groups is 1. The number of nitrogens with one attached hydrogen (secondary N) is 2. The molecule has 2 amide bonds. The van der Waals surface area contributed by atoms with Gasteiger partial charge in [-0.05, 0) is 26.3 Å². The quantitative estimate of drug-likeness (QED) is 0.534. The molecular formula is C21H26FN9O2. The summed E-state index contributed by atoms with van der Waals surface area (Å²) < 4.78 is 15.8. The Labute approximate surface area is 189 Å². The molecule has 5 heterocycles. The largest absolute Gasteiger partial charge is 0.390 e. The third-order valence-corrected chi connectivity index (χ3v) is 5.86. The molecule has 3 aromatic rings. The molecule has 174 valence electrons.